The van der Waals surface area contributed by atoms with Gasteiger partial charge in [-0.1, -0.05) is 20.8 Å². The molecule has 126 valence electrons. The number of aromatic amines is 2. The summed E-state index contributed by atoms with van der Waals surface area (Å²) < 4.78 is 7.39. The molecule has 0 saturated heterocycles. The van der Waals surface area contributed by atoms with Gasteiger partial charge in [0.25, 0.3) is 0 Å². The molecule has 0 unspecified atom stereocenters. The van der Waals surface area contributed by atoms with Crippen molar-refractivity contribution in [1.29, 1.82) is 0 Å². The van der Waals surface area contributed by atoms with E-state index in [1.165, 1.54) is 4.57 Å². The number of aromatic nitrogens is 5. The average molecular weight is 327 g/mol. The van der Waals surface area contributed by atoms with Gasteiger partial charge in [0.05, 0.1) is 18.2 Å². The Hall–Kier alpha value is -2.83. The number of ether oxygens (including phenoxy) is 1. The van der Waals surface area contributed by atoms with E-state index < -0.39 is 0 Å². The summed E-state index contributed by atoms with van der Waals surface area (Å²) in [6.07, 6.45) is 3.45. The Morgan fingerprint density at radius 3 is 2.67 bits per heavy atom. The minimum Gasteiger partial charge on any atom is -0.485 e. The molecule has 0 aliphatic heterocycles. The van der Waals surface area contributed by atoms with Crippen LogP contribution < -0.4 is 10.4 Å². The van der Waals surface area contributed by atoms with Crippen LogP contribution in [0.15, 0.2) is 35.5 Å². The Labute approximate surface area is 139 Å². The number of benzene rings is 1. The molecule has 24 heavy (non-hydrogen) atoms. The molecule has 2 N–H and O–H groups in total. The van der Waals surface area contributed by atoms with Gasteiger partial charge in [0.15, 0.2) is 5.82 Å². The minimum absolute atomic E-state index is 0.0944. The minimum atomic E-state index is -0.251. The first-order chi connectivity index (χ1) is 11.4. The number of H-pyrrole nitrogens is 2. The normalized spacial score (nSPS) is 11.7. The lowest BCUT2D eigenvalue weighted by Crippen LogP contribution is -2.17. The van der Waals surface area contributed by atoms with Gasteiger partial charge in [-0.25, -0.2) is 14.9 Å². The molecule has 0 atom stereocenters. The molecule has 0 amide bonds. The van der Waals surface area contributed by atoms with Crippen LogP contribution in [0.2, 0.25) is 0 Å². The zero-order valence-electron chi connectivity index (χ0n) is 14.3. The monoisotopic (exact) mass is 327 g/mol. The molecule has 7 nitrogen and oxygen atoms in total. The lowest BCUT2D eigenvalue weighted by atomic mass is 9.85. The highest BCUT2D eigenvalue weighted by Crippen LogP contribution is 2.34. The molecular weight excluding hydrogens is 306 g/mol. The summed E-state index contributed by atoms with van der Waals surface area (Å²) in [7, 11) is 1.66. The molecule has 7 heteroatoms. The van der Waals surface area contributed by atoms with Crippen LogP contribution in [0.1, 0.15) is 32.2 Å². The third-order valence-corrected chi connectivity index (χ3v) is 3.93. The molecule has 0 aliphatic rings. The van der Waals surface area contributed by atoms with Crippen LogP contribution in [0, 0.1) is 0 Å². The molecule has 2 heterocycles. The number of hydrogen-bond donors (Lipinski definition) is 2. The molecule has 1 aromatic carbocycles. The lowest BCUT2D eigenvalue weighted by molar-refractivity contribution is 0.283. The summed E-state index contributed by atoms with van der Waals surface area (Å²) in [6, 6.07) is 6.04. The summed E-state index contributed by atoms with van der Waals surface area (Å²) in [4.78, 5) is 18.6. The largest absolute Gasteiger partial charge is 0.485 e. The van der Waals surface area contributed by atoms with Gasteiger partial charge in [-0.15, -0.1) is 0 Å². The zero-order chi connectivity index (χ0) is 17.3. The fraction of sp³-hybridized carbons (Fsp3) is 0.353. The standard InChI is InChI=1S/C17H21N5O2/c1-17(2,3)12-7-11(13-8-18-10-19-13)5-6-14(12)24-9-15-20-21-16(23)22(15)4/h5-8,10H,9H2,1-4H3,(H,18,19)(H,21,23). The summed E-state index contributed by atoms with van der Waals surface area (Å²) in [5, 5.41) is 6.38. The second-order valence-corrected chi connectivity index (χ2v) is 6.72. The van der Waals surface area contributed by atoms with E-state index in [0.717, 1.165) is 22.6 Å². The first-order valence-corrected chi connectivity index (χ1v) is 7.72. The van der Waals surface area contributed by atoms with Crippen molar-refractivity contribution in [2.75, 3.05) is 0 Å². The average Bonchev–Trinajstić information content (AvgIpc) is 3.17. The van der Waals surface area contributed by atoms with Gasteiger partial charge in [0.1, 0.15) is 12.4 Å². The third kappa shape index (κ3) is 3.10. The van der Waals surface area contributed by atoms with Crippen molar-refractivity contribution >= 4 is 0 Å². The molecule has 2 aromatic heterocycles. The maximum atomic E-state index is 11.4. The molecule has 3 aromatic rings. The molecular formula is C17H21N5O2. The highest BCUT2D eigenvalue weighted by molar-refractivity contribution is 5.62. The van der Waals surface area contributed by atoms with Gasteiger partial charge < -0.3 is 9.72 Å². The molecule has 0 spiro atoms. The van der Waals surface area contributed by atoms with E-state index in [1.807, 2.05) is 12.1 Å². The quantitative estimate of drug-likeness (QED) is 0.770. The summed E-state index contributed by atoms with van der Waals surface area (Å²) in [6.45, 7) is 6.63. The van der Waals surface area contributed by atoms with E-state index >= 15 is 0 Å². The third-order valence-electron chi connectivity index (χ3n) is 3.93. The van der Waals surface area contributed by atoms with Crippen LogP contribution in [0.25, 0.3) is 11.3 Å². The van der Waals surface area contributed by atoms with E-state index in [0.29, 0.717) is 5.82 Å². The van der Waals surface area contributed by atoms with Crippen molar-refractivity contribution in [2.24, 2.45) is 7.05 Å². The van der Waals surface area contributed by atoms with Crippen molar-refractivity contribution in [3.05, 3.63) is 52.6 Å². The molecule has 3 rings (SSSR count). The number of nitrogens with zero attached hydrogens (tertiary/aromatic N) is 3. The first-order valence-electron chi connectivity index (χ1n) is 7.72. The van der Waals surface area contributed by atoms with E-state index in [2.05, 4.69) is 47.0 Å². The maximum absolute atomic E-state index is 11.4. The van der Waals surface area contributed by atoms with Crippen LogP contribution in [-0.2, 0) is 19.1 Å². The fourth-order valence-electron chi connectivity index (χ4n) is 2.47. The Bertz CT molecular complexity index is 885. The summed E-state index contributed by atoms with van der Waals surface area (Å²) in [5.74, 6) is 1.33. The van der Waals surface area contributed by atoms with Gasteiger partial charge >= 0.3 is 5.69 Å². The van der Waals surface area contributed by atoms with Gasteiger partial charge in [-0.05, 0) is 23.6 Å². The second-order valence-electron chi connectivity index (χ2n) is 6.72. The van der Waals surface area contributed by atoms with Crippen LogP contribution in [-0.4, -0.2) is 24.7 Å². The van der Waals surface area contributed by atoms with Crippen molar-refractivity contribution in [1.82, 2.24) is 24.7 Å². The van der Waals surface area contributed by atoms with Gasteiger partial charge in [0.2, 0.25) is 0 Å². The van der Waals surface area contributed by atoms with Crippen LogP contribution in [0.3, 0.4) is 0 Å². The van der Waals surface area contributed by atoms with Crippen molar-refractivity contribution in [2.45, 2.75) is 32.8 Å². The second kappa shape index (κ2) is 5.99. The Morgan fingerprint density at radius 2 is 2.08 bits per heavy atom. The molecule has 0 saturated carbocycles. The molecule has 0 radical (unpaired) electrons. The predicted molar refractivity (Wildman–Crippen MR) is 90.9 cm³/mol. The van der Waals surface area contributed by atoms with Crippen molar-refractivity contribution in [3.8, 4) is 17.0 Å². The molecule has 0 fully saturated rings. The first kappa shape index (κ1) is 16.0. The Morgan fingerprint density at radius 1 is 1.29 bits per heavy atom. The topological polar surface area (TPSA) is 88.6 Å². The van der Waals surface area contributed by atoms with Crippen LogP contribution in [0.4, 0.5) is 0 Å². The number of hydrogen-bond acceptors (Lipinski definition) is 4. The highest BCUT2D eigenvalue weighted by atomic mass is 16.5. The highest BCUT2D eigenvalue weighted by Gasteiger charge is 2.20. The van der Waals surface area contributed by atoms with E-state index in [1.54, 1.807) is 19.6 Å². The number of imidazole rings is 1. The Balaban J connectivity index is 1.92. The number of nitrogens with one attached hydrogen (secondary N) is 2. The van der Waals surface area contributed by atoms with Crippen LogP contribution >= 0.6 is 0 Å². The Kier molecular flexibility index (Phi) is 4.01. The van der Waals surface area contributed by atoms with E-state index in [4.69, 9.17) is 4.74 Å². The SMILES string of the molecule is Cn1c(COc2ccc(-c3cnc[nH]3)cc2C(C)(C)C)n[nH]c1=O. The van der Waals surface area contributed by atoms with Crippen molar-refractivity contribution in [3.63, 3.8) is 0 Å². The zero-order valence-corrected chi connectivity index (χ0v) is 14.3. The van der Waals surface area contributed by atoms with Crippen molar-refractivity contribution < 1.29 is 4.74 Å². The molecule has 0 bridgehead atoms. The summed E-state index contributed by atoms with van der Waals surface area (Å²) >= 11 is 0. The fourth-order valence-corrected chi connectivity index (χ4v) is 2.47. The maximum Gasteiger partial charge on any atom is 0.343 e. The lowest BCUT2D eigenvalue weighted by Gasteiger charge is -2.23. The van der Waals surface area contributed by atoms with Gasteiger partial charge in [0, 0.05) is 18.2 Å². The van der Waals surface area contributed by atoms with Gasteiger partial charge in [-0.2, -0.15) is 5.10 Å². The number of rotatable bonds is 4. The van der Waals surface area contributed by atoms with Gasteiger partial charge in [-0.3, -0.25) is 4.57 Å². The summed E-state index contributed by atoms with van der Waals surface area (Å²) in [5.41, 5.74) is 2.75. The van der Waals surface area contributed by atoms with E-state index in [-0.39, 0.29) is 17.7 Å². The molecule has 0 aliphatic carbocycles. The smallest absolute Gasteiger partial charge is 0.343 e. The predicted octanol–water partition coefficient (Wildman–Crippen LogP) is 2.38. The van der Waals surface area contributed by atoms with Crippen LogP contribution in [0.5, 0.6) is 5.75 Å². The van der Waals surface area contributed by atoms with E-state index in [9.17, 15) is 4.79 Å².